The summed E-state index contributed by atoms with van der Waals surface area (Å²) in [5, 5.41) is 0. The molecular formula is N3Ni. The summed E-state index contributed by atoms with van der Waals surface area (Å²) in [5.74, 6) is 0. The first kappa shape index (κ1) is 3.80. The van der Waals surface area contributed by atoms with Crippen LogP contribution in [0.2, 0.25) is 0 Å². The Bertz CT molecular complexity index is 41.2. The summed E-state index contributed by atoms with van der Waals surface area (Å²) in [6.45, 7) is 0. The van der Waals surface area contributed by atoms with Gasteiger partial charge in [0.05, 0.1) is 0 Å². The predicted octanol–water partition coefficient (Wildman–Crippen LogP) is 0.759. The zero-order valence-electron chi connectivity index (χ0n) is 1.66. The standard InChI is InChI=1S/N3.Ni/c1-3-2;/q-1;+1. The number of azide groups is 1. The molecule has 4 heavy (non-hydrogen) atoms. The molecule has 0 heterocycles. The van der Waals surface area contributed by atoms with Gasteiger partial charge in [-0.15, -0.1) is 0 Å². The van der Waals surface area contributed by atoms with E-state index in [0.29, 0.717) is 0 Å². The van der Waals surface area contributed by atoms with E-state index in [-0.39, 0.29) is 0 Å². The molecule has 0 aromatic heterocycles. The van der Waals surface area contributed by atoms with Crippen molar-refractivity contribution < 1.29 is 15.7 Å². The Hall–Kier alpha value is -0.196. The average Bonchev–Trinajstić information content (AvgIpc) is 1.37. The summed E-state index contributed by atoms with van der Waals surface area (Å²) >= 11 is 3.52. The second-order valence-corrected chi connectivity index (χ2v) is 0.350. The molecule has 0 N–H and O–H groups in total. The van der Waals surface area contributed by atoms with E-state index in [1.165, 1.54) is 0 Å². The van der Waals surface area contributed by atoms with E-state index in [2.05, 4.69) is 24.8 Å². The second kappa shape index (κ2) is 2.80. The van der Waals surface area contributed by atoms with Crippen molar-refractivity contribution in [2.75, 3.05) is 0 Å². The fourth-order valence-electron chi connectivity index (χ4n) is 0. The molecule has 0 amide bonds. The Morgan fingerprint density at radius 2 is 2.25 bits per heavy atom. The molecular weight excluding hydrogens is 101 g/mol. The van der Waals surface area contributed by atoms with Crippen LogP contribution in [0.4, 0.5) is 0 Å². The van der Waals surface area contributed by atoms with Gasteiger partial charge in [-0.2, -0.15) is 0 Å². The molecule has 0 aliphatic rings. The number of rotatable bonds is 0. The van der Waals surface area contributed by atoms with E-state index in [1.807, 2.05) is 0 Å². The minimum atomic E-state index is 2.19. The van der Waals surface area contributed by atoms with Gasteiger partial charge >= 0.3 is 30.3 Å². The number of nitrogens with zero attached hydrogens (tertiary/aromatic N) is 3. The fourth-order valence-corrected chi connectivity index (χ4v) is 0. The van der Waals surface area contributed by atoms with Crippen LogP contribution in [-0.4, -0.2) is 0 Å². The molecule has 25 valence electrons. The van der Waals surface area contributed by atoms with Gasteiger partial charge in [0.15, 0.2) is 0 Å². The van der Waals surface area contributed by atoms with Crippen LogP contribution in [0.5, 0.6) is 0 Å². The maximum absolute atomic E-state index is 7.24. The Labute approximate surface area is 31.2 Å². The summed E-state index contributed by atoms with van der Waals surface area (Å²) < 4.78 is 2.54. The molecule has 0 fully saturated rings. The molecule has 0 unspecified atom stereocenters. The van der Waals surface area contributed by atoms with Crippen molar-refractivity contribution in [2.45, 2.75) is 0 Å². The summed E-state index contributed by atoms with van der Waals surface area (Å²) in [7, 11) is 0. The van der Waals surface area contributed by atoms with Gasteiger partial charge < -0.3 is 0 Å². The third kappa shape index (κ3) is 1.80. The van der Waals surface area contributed by atoms with Crippen LogP contribution >= 0.6 is 0 Å². The SMILES string of the molecule is [N-]=[N+]=[N][Ni]. The van der Waals surface area contributed by atoms with Crippen molar-refractivity contribution in [3.63, 3.8) is 0 Å². The number of hydrogen-bond donors (Lipinski definition) is 0. The predicted molar refractivity (Wildman–Crippen MR) is 9.15 cm³/mol. The van der Waals surface area contributed by atoms with Crippen molar-refractivity contribution in [1.82, 2.24) is 0 Å². The van der Waals surface area contributed by atoms with E-state index < -0.39 is 0 Å². The first-order valence-electron chi connectivity index (χ1n) is 0.541. The molecule has 0 rings (SSSR count). The fraction of sp³-hybridized carbons (Fsp3) is 0. The second-order valence-electron chi connectivity index (χ2n) is 0.153. The Morgan fingerprint density at radius 3 is 2.25 bits per heavy atom. The summed E-state index contributed by atoms with van der Waals surface area (Å²) in [6, 6.07) is 0. The van der Waals surface area contributed by atoms with Crippen LogP contribution in [0.1, 0.15) is 0 Å². The molecule has 0 aromatic carbocycles. The van der Waals surface area contributed by atoms with Gasteiger partial charge in [0.25, 0.3) is 0 Å². The van der Waals surface area contributed by atoms with Gasteiger partial charge in [0.1, 0.15) is 0 Å². The molecule has 0 radical (unpaired) electrons. The van der Waals surface area contributed by atoms with Gasteiger partial charge in [0.2, 0.25) is 0 Å². The van der Waals surface area contributed by atoms with Crippen LogP contribution in [0, 0.1) is 0 Å². The molecule has 0 spiro atoms. The summed E-state index contributed by atoms with van der Waals surface area (Å²) in [5.41, 5.74) is 7.24. The average molecular weight is 101 g/mol. The summed E-state index contributed by atoms with van der Waals surface area (Å²) in [4.78, 5) is 2.19. The Balaban J connectivity index is 3.11. The van der Waals surface area contributed by atoms with Gasteiger partial charge in [-0.05, 0) is 0 Å². The van der Waals surface area contributed by atoms with E-state index in [4.69, 9.17) is 5.53 Å². The van der Waals surface area contributed by atoms with Crippen molar-refractivity contribution in [3.05, 3.63) is 10.4 Å². The van der Waals surface area contributed by atoms with E-state index in [1.54, 1.807) is 0 Å². The van der Waals surface area contributed by atoms with Crippen molar-refractivity contribution in [2.24, 2.45) is 4.19 Å². The van der Waals surface area contributed by atoms with Crippen LogP contribution < -0.4 is 0 Å². The third-order valence-electron chi connectivity index (χ3n) is 0.0283. The zero-order chi connectivity index (χ0) is 3.41. The summed E-state index contributed by atoms with van der Waals surface area (Å²) in [6.07, 6.45) is 0. The van der Waals surface area contributed by atoms with Crippen LogP contribution in [0.25, 0.3) is 10.4 Å². The van der Waals surface area contributed by atoms with E-state index in [0.717, 1.165) is 0 Å². The van der Waals surface area contributed by atoms with Gasteiger partial charge in [0, 0.05) is 0 Å². The van der Waals surface area contributed by atoms with E-state index >= 15 is 0 Å². The molecule has 0 aliphatic heterocycles. The van der Waals surface area contributed by atoms with Crippen LogP contribution in [-0.2, 0) is 15.7 Å². The normalized spacial score (nSPS) is 4.50. The molecule has 4 heteroatoms. The maximum atomic E-state index is 7.24. The van der Waals surface area contributed by atoms with Crippen LogP contribution in [0.15, 0.2) is 4.19 Å². The van der Waals surface area contributed by atoms with Gasteiger partial charge in [-0.1, -0.05) is 0 Å². The molecule has 0 aromatic rings. The molecule has 0 aliphatic carbocycles. The molecule has 0 saturated heterocycles. The molecule has 0 bridgehead atoms. The van der Waals surface area contributed by atoms with E-state index in [9.17, 15) is 0 Å². The van der Waals surface area contributed by atoms with Crippen molar-refractivity contribution in [1.29, 1.82) is 0 Å². The molecule has 0 atom stereocenters. The van der Waals surface area contributed by atoms with Gasteiger partial charge in [-0.25, -0.2) is 0 Å². The monoisotopic (exact) mass is 99.9 g/mol. The minimum absolute atomic E-state index is 2.19. The van der Waals surface area contributed by atoms with Crippen LogP contribution in [0.3, 0.4) is 0 Å². The zero-order valence-corrected chi connectivity index (χ0v) is 2.65. The van der Waals surface area contributed by atoms with Crippen molar-refractivity contribution in [3.8, 4) is 0 Å². The van der Waals surface area contributed by atoms with Gasteiger partial charge in [-0.3, -0.25) is 0 Å². The first-order chi connectivity index (χ1) is 1.91. The first-order valence-corrected chi connectivity index (χ1v) is 0.983. The van der Waals surface area contributed by atoms with Crippen molar-refractivity contribution >= 4 is 0 Å². The third-order valence-corrected chi connectivity index (χ3v) is 0.117. The Morgan fingerprint density at radius 1 is 2.00 bits per heavy atom. The quantitative estimate of drug-likeness (QED) is 0.187. The number of hydrogen-bond acceptors (Lipinski definition) is 1. The topological polar surface area (TPSA) is 48.8 Å². The molecule has 0 saturated carbocycles. The molecule has 3 nitrogen and oxygen atoms in total. The Kier molecular flexibility index (Phi) is 2.67.